The van der Waals surface area contributed by atoms with E-state index in [2.05, 4.69) is 4.72 Å². The number of hydrogen-bond acceptors (Lipinski definition) is 4. The van der Waals surface area contributed by atoms with Crippen molar-refractivity contribution in [3.8, 4) is 5.75 Å². The van der Waals surface area contributed by atoms with E-state index in [0.29, 0.717) is 5.92 Å². The number of hydrogen-bond donors (Lipinski definition) is 2. The van der Waals surface area contributed by atoms with E-state index in [0.717, 1.165) is 43.2 Å². The van der Waals surface area contributed by atoms with Crippen LogP contribution >= 0.6 is 0 Å². The third-order valence-corrected chi connectivity index (χ3v) is 8.52. The van der Waals surface area contributed by atoms with Gasteiger partial charge in [-0.15, -0.1) is 0 Å². The second-order valence-corrected chi connectivity index (χ2v) is 12.4. The first-order chi connectivity index (χ1) is 14.6. The lowest BCUT2D eigenvalue weighted by Gasteiger charge is -2.31. The number of aromatic hydroxyl groups is 1. The molecule has 0 saturated heterocycles. The summed E-state index contributed by atoms with van der Waals surface area (Å²) in [6.07, 6.45) is 11.8. The van der Waals surface area contributed by atoms with E-state index < -0.39 is 16.1 Å². The molecule has 0 bridgehead atoms. The molecule has 0 heterocycles. The summed E-state index contributed by atoms with van der Waals surface area (Å²) in [4.78, 5) is 4.73. The molecule has 0 amide bonds. The van der Waals surface area contributed by atoms with Gasteiger partial charge in [0.15, 0.2) is 0 Å². The second kappa shape index (κ2) is 10.0. The Morgan fingerprint density at radius 2 is 1.81 bits per heavy atom. The van der Waals surface area contributed by atoms with Crippen LogP contribution in [0.5, 0.6) is 5.75 Å². The molecular formula is C25H40N2O3S. The van der Waals surface area contributed by atoms with Crippen LogP contribution in [0.3, 0.4) is 0 Å². The fourth-order valence-corrected chi connectivity index (χ4v) is 6.80. The predicted octanol–water partition coefficient (Wildman–Crippen LogP) is 4.99. The van der Waals surface area contributed by atoms with E-state index in [1.807, 2.05) is 33.8 Å². The highest BCUT2D eigenvalue weighted by molar-refractivity contribution is 7.89. The highest BCUT2D eigenvalue weighted by Crippen LogP contribution is 2.31. The Hall–Kier alpha value is -1.40. The van der Waals surface area contributed by atoms with Gasteiger partial charge in [-0.1, -0.05) is 46.1 Å². The van der Waals surface area contributed by atoms with Crippen molar-refractivity contribution >= 4 is 16.2 Å². The first-order valence-corrected chi connectivity index (χ1v) is 13.6. The number of fused-ring (bicyclic) bond motifs is 1. The van der Waals surface area contributed by atoms with Crippen LogP contribution < -0.4 is 4.72 Å². The summed E-state index contributed by atoms with van der Waals surface area (Å²) in [5.74, 6) is 0.608. The Morgan fingerprint density at radius 1 is 1.13 bits per heavy atom. The van der Waals surface area contributed by atoms with E-state index in [-0.39, 0.29) is 23.0 Å². The van der Waals surface area contributed by atoms with Crippen molar-refractivity contribution in [2.24, 2.45) is 16.3 Å². The zero-order valence-corrected chi connectivity index (χ0v) is 20.5. The SMILES string of the molecule is C[C@@H](NS(=O)(=O)C[C@@H](N=Cc1c(O)ccc2c1CCCC2)C(C)(C)C)C1CCCCC1. The summed E-state index contributed by atoms with van der Waals surface area (Å²) >= 11 is 0. The number of aryl methyl sites for hydroxylation is 1. The van der Waals surface area contributed by atoms with Crippen LogP contribution in [0.25, 0.3) is 0 Å². The van der Waals surface area contributed by atoms with Gasteiger partial charge in [-0.2, -0.15) is 0 Å². The Bertz CT molecular complexity index is 881. The molecule has 0 unspecified atom stereocenters. The number of rotatable bonds is 7. The monoisotopic (exact) mass is 448 g/mol. The second-order valence-electron chi connectivity index (χ2n) is 10.6. The van der Waals surface area contributed by atoms with E-state index >= 15 is 0 Å². The lowest BCUT2D eigenvalue weighted by Crippen LogP contribution is -2.44. The zero-order chi connectivity index (χ0) is 22.6. The largest absolute Gasteiger partial charge is 0.507 e. The van der Waals surface area contributed by atoms with Gasteiger partial charge < -0.3 is 5.11 Å². The van der Waals surface area contributed by atoms with Gasteiger partial charge in [0.25, 0.3) is 0 Å². The minimum absolute atomic E-state index is 0.0416. The first-order valence-electron chi connectivity index (χ1n) is 11.9. The van der Waals surface area contributed by atoms with Gasteiger partial charge in [0, 0.05) is 17.8 Å². The first kappa shape index (κ1) is 24.2. The Labute approximate surface area is 188 Å². The number of phenols is 1. The van der Waals surface area contributed by atoms with Gasteiger partial charge in [-0.05, 0) is 74.0 Å². The van der Waals surface area contributed by atoms with Gasteiger partial charge >= 0.3 is 0 Å². The molecule has 1 aromatic rings. The van der Waals surface area contributed by atoms with Crippen molar-refractivity contribution in [2.45, 2.75) is 97.6 Å². The van der Waals surface area contributed by atoms with Gasteiger partial charge in [0.05, 0.1) is 11.8 Å². The summed E-state index contributed by atoms with van der Waals surface area (Å²) in [6, 6.07) is 3.30. The van der Waals surface area contributed by atoms with Gasteiger partial charge in [0.1, 0.15) is 5.75 Å². The highest BCUT2D eigenvalue weighted by atomic mass is 32.2. The van der Waals surface area contributed by atoms with E-state index in [4.69, 9.17) is 4.99 Å². The summed E-state index contributed by atoms with van der Waals surface area (Å²) in [7, 11) is -3.47. The molecule has 1 fully saturated rings. The Balaban J connectivity index is 1.77. The van der Waals surface area contributed by atoms with Crippen LogP contribution in [0.15, 0.2) is 17.1 Å². The molecule has 2 atom stereocenters. The molecule has 174 valence electrons. The van der Waals surface area contributed by atoms with Crippen LogP contribution in [0.4, 0.5) is 0 Å². The molecule has 0 aliphatic heterocycles. The summed E-state index contributed by atoms with van der Waals surface area (Å²) in [5, 5.41) is 10.5. The number of phenolic OH excluding ortho intramolecular Hbond substituents is 1. The van der Waals surface area contributed by atoms with Crippen molar-refractivity contribution < 1.29 is 13.5 Å². The number of sulfonamides is 1. The number of aliphatic imine (C=N–C) groups is 1. The van der Waals surface area contributed by atoms with Crippen molar-refractivity contribution in [3.05, 3.63) is 28.8 Å². The van der Waals surface area contributed by atoms with Gasteiger partial charge in [0.2, 0.25) is 10.0 Å². The van der Waals surface area contributed by atoms with Crippen LogP contribution in [0.2, 0.25) is 0 Å². The minimum Gasteiger partial charge on any atom is -0.507 e. The third kappa shape index (κ3) is 6.55. The third-order valence-electron chi connectivity index (χ3n) is 7.04. The molecule has 2 aliphatic rings. The zero-order valence-electron chi connectivity index (χ0n) is 19.7. The summed E-state index contributed by atoms with van der Waals surface area (Å²) in [6.45, 7) is 8.07. The summed E-state index contributed by atoms with van der Waals surface area (Å²) < 4.78 is 29.0. The fourth-order valence-electron chi connectivity index (χ4n) is 4.94. The Morgan fingerprint density at radius 3 is 2.48 bits per heavy atom. The molecule has 2 aliphatic carbocycles. The van der Waals surface area contributed by atoms with Gasteiger partial charge in [-0.25, -0.2) is 13.1 Å². The molecule has 0 radical (unpaired) electrons. The molecule has 2 N–H and O–H groups in total. The maximum absolute atomic E-state index is 13.0. The van der Waals surface area contributed by atoms with Crippen LogP contribution in [0, 0.1) is 11.3 Å². The van der Waals surface area contributed by atoms with Crippen molar-refractivity contribution in [3.63, 3.8) is 0 Å². The number of nitrogens with one attached hydrogen (secondary N) is 1. The maximum atomic E-state index is 13.0. The minimum atomic E-state index is -3.47. The molecule has 31 heavy (non-hydrogen) atoms. The van der Waals surface area contributed by atoms with Crippen molar-refractivity contribution in [2.75, 3.05) is 5.75 Å². The molecule has 0 spiro atoms. The predicted molar refractivity (Wildman–Crippen MR) is 129 cm³/mol. The van der Waals surface area contributed by atoms with Crippen LogP contribution in [-0.2, 0) is 22.9 Å². The molecular weight excluding hydrogens is 408 g/mol. The van der Waals surface area contributed by atoms with E-state index in [9.17, 15) is 13.5 Å². The van der Waals surface area contributed by atoms with Crippen LogP contribution in [-0.4, -0.2) is 37.6 Å². The topological polar surface area (TPSA) is 78.8 Å². The van der Waals surface area contributed by atoms with Crippen molar-refractivity contribution in [1.29, 1.82) is 0 Å². The molecule has 0 aromatic heterocycles. The summed E-state index contributed by atoms with van der Waals surface area (Å²) in [5.41, 5.74) is 2.87. The lowest BCUT2D eigenvalue weighted by molar-refractivity contribution is 0.301. The molecule has 1 saturated carbocycles. The standard InChI is InChI=1S/C25H40N2O3S/c1-18(19-10-6-5-7-11-19)27-31(29,30)17-24(25(2,3)4)26-16-22-21-13-9-8-12-20(21)14-15-23(22)28/h14-16,18-19,24,27-28H,5-13,17H2,1-4H3/t18-,24-/m1/s1. The van der Waals surface area contributed by atoms with E-state index in [1.54, 1.807) is 12.3 Å². The van der Waals surface area contributed by atoms with Crippen molar-refractivity contribution in [1.82, 2.24) is 4.72 Å². The number of nitrogens with zero attached hydrogens (tertiary/aromatic N) is 1. The lowest BCUT2D eigenvalue weighted by atomic mass is 9.85. The van der Waals surface area contributed by atoms with Crippen LogP contribution in [0.1, 0.15) is 89.3 Å². The average molecular weight is 449 g/mol. The molecule has 5 nitrogen and oxygen atoms in total. The number of benzene rings is 1. The molecule has 1 aromatic carbocycles. The maximum Gasteiger partial charge on any atom is 0.213 e. The quantitative estimate of drug-likeness (QED) is 0.577. The molecule has 3 rings (SSSR count). The Kier molecular flexibility index (Phi) is 7.85. The normalized spacial score (nSPS) is 20.5. The molecule has 6 heteroatoms. The van der Waals surface area contributed by atoms with Gasteiger partial charge in [-0.3, -0.25) is 4.99 Å². The highest BCUT2D eigenvalue weighted by Gasteiger charge is 2.31. The fraction of sp³-hybridized carbons (Fsp3) is 0.720. The average Bonchev–Trinajstić information content (AvgIpc) is 2.71. The van der Waals surface area contributed by atoms with E-state index in [1.165, 1.54) is 31.2 Å². The smallest absolute Gasteiger partial charge is 0.213 e.